The molecule has 0 radical (unpaired) electrons. The largest absolute Gasteiger partial charge is 0.387 e. The van der Waals surface area contributed by atoms with E-state index in [1.54, 1.807) is 22.7 Å². The SMILES string of the molecule is O[C@H](c1cccs1)C1CCN(Cc2c(Cl)nc3sccn23)CC1. The third-order valence-electron chi connectivity index (χ3n) is 4.60. The van der Waals surface area contributed by atoms with E-state index in [9.17, 15) is 5.11 Å². The van der Waals surface area contributed by atoms with E-state index in [1.807, 2.05) is 29.1 Å². The van der Waals surface area contributed by atoms with Gasteiger partial charge in [-0.15, -0.1) is 22.7 Å². The number of hydrogen-bond acceptors (Lipinski definition) is 5. The van der Waals surface area contributed by atoms with Crippen molar-refractivity contribution in [3.63, 3.8) is 0 Å². The molecule has 4 rings (SSSR count). The van der Waals surface area contributed by atoms with Crippen LogP contribution in [0.15, 0.2) is 29.1 Å². The minimum Gasteiger partial charge on any atom is -0.387 e. The molecular formula is C16H18ClN3OS2. The number of fused-ring (bicyclic) bond motifs is 1. The predicted octanol–water partition coefficient (Wildman–Crippen LogP) is 4.06. The maximum Gasteiger partial charge on any atom is 0.195 e. The molecule has 1 atom stereocenters. The summed E-state index contributed by atoms with van der Waals surface area (Å²) in [6.45, 7) is 2.79. The van der Waals surface area contributed by atoms with E-state index in [-0.39, 0.29) is 6.10 Å². The Labute approximate surface area is 148 Å². The fourth-order valence-electron chi connectivity index (χ4n) is 3.28. The van der Waals surface area contributed by atoms with Gasteiger partial charge in [0.15, 0.2) is 10.1 Å². The monoisotopic (exact) mass is 367 g/mol. The van der Waals surface area contributed by atoms with Gasteiger partial charge in [0.1, 0.15) is 0 Å². The van der Waals surface area contributed by atoms with Gasteiger partial charge in [-0.1, -0.05) is 17.7 Å². The van der Waals surface area contributed by atoms with Gasteiger partial charge in [-0.3, -0.25) is 9.30 Å². The molecule has 7 heteroatoms. The van der Waals surface area contributed by atoms with Crippen LogP contribution >= 0.6 is 34.3 Å². The van der Waals surface area contributed by atoms with Crippen LogP contribution in [0.2, 0.25) is 5.15 Å². The summed E-state index contributed by atoms with van der Waals surface area (Å²) in [6, 6.07) is 4.03. The van der Waals surface area contributed by atoms with Crippen molar-refractivity contribution in [3.05, 3.63) is 44.8 Å². The number of piperidine rings is 1. The zero-order valence-corrected chi connectivity index (χ0v) is 14.9. The van der Waals surface area contributed by atoms with Gasteiger partial charge < -0.3 is 5.11 Å². The Kier molecular flexibility index (Phi) is 4.43. The van der Waals surface area contributed by atoms with E-state index < -0.39 is 0 Å². The van der Waals surface area contributed by atoms with Crippen molar-refractivity contribution in [1.29, 1.82) is 0 Å². The fraction of sp³-hybridized carbons (Fsp3) is 0.438. The van der Waals surface area contributed by atoms with Crippen LogP contribution in [0.3, 0.4) is 0 Å². The van der Waals surface area contributed by atoms with Gasteiger partial charge in [-0.05, 0) is 43.3 Å². The van der Waals surface area contributed by atoms with Crippen molar-refractivity contribution >= 4 is 39.2 Å². The Hall–Kier alpha value is -0.920. The maximum atomic E-state index is 10.5. The molecule has 3 aromatic heterocycles. The van der Waals surface area contributed by atoms with E-state index in [2.05, 4.69) is 14.3 Å². The molecule has 0 aliphatic carbocycles. The Balaban J connectivity index is 1.40. The first-order chi connectivity index (χ1) is 11.2. The zero-order chi connectivity index (χ0) is 15.8. The second kappa shape index (κ2) is 6.53. The van der Waals surface area contributed by atoms with Crippen molar-refractivity contribution in [2.24, 2.45) is 5.92 Å². The van der Waals surface area contributed by atoms with Crippen LogP contribution in [0.1, 0.15) is 29.5 Å². The average Bonchev–Trinajstić information content (AvgIpc) is 3.28. The van der Waals surface area contributed by atoms with Gasteiger partial charge in [0.2, 0.25) is 0 Å². The third kappa shape index (κ3) is 3.06. The summed E-state index contributed by atoms with van der Waals surface area (Å²) in [5.74, 6) is 0.354. The molecule has 3 aromatic rings. The molecule has 1 fully saturated rings. The molecule has 23 heavy (non-hydrogen) atoms. The molecule has 0 saturated carbocycles. The van der Waals surface area contributed by atoms with Crippen molar-refractivity contribution in [3.8, 4) is 0 Å². The van der Waals surface area contributed by atoms with Crippen molar-refractivity contribution in [2.45, 2.75) is 25.5 Å². The Morgan fingerprint density at radius 3 is 2.87 bits per heavy atom. The molecule has 4 heterocycles. The smallest absolute Gasteiger partial charge is 0.195 e. The van der Waals surface area contributed by atoms with Crippen molar-refractivity contribution < 1.29 is 5.11 Å². The molecule has 1 saturated heterocycles. The normalized spacial score (nSPS) is 18.7. The number of imidazole rings is 1. The highest BCUT2D eigenvalue weighted by atomic mass is 35.5. The quantitative estimate of drug-likeness (QED) is 0.756. The minimum atomic E-state index is -0.320. The number of rotatable bonds is 4. The summed E-state index contributed by atoms with van der Waals surface area (Å²) < 4.78 is 2.08. The van der Waals surface area contributed by atoms with Crippen LogP contribution in [-0.2, 0) is 6.54 Å². The third-order valence-corrected chi connectivity index (χ3v) is 6.60. The number of thiazole rings is 1. The molecular weight excluding hydrogens is 350 g/mol. The van der Waals surface area contributed by atoms with Gasteiger partial charge in [0, 0.05) is 23.0 Å². The van der Waals surface area contributed by atoms with Gasteiger partial charge >= 0.3 is 0 Å². The summed E-state index contributed by atoms with van der Waals surface area (Å²) in [6.07, 6.45) is 3.74. The highest BCUT2D eigenvalue weighted by Crippen LogP contribution is 2.33. The topological polar surface area (TPSA) is 40.8 Å². The lowest BCUT2D eigenvalue weighted by Crippen LogP contribution is -2.35. The van der Waals surface area contributed by atoms with Gasteiger partial charge in [0.05, 0.1) is 11.8 Å². The lowest BCUT2D eigenvalue weighted by Gasteiger charge is -2.33. The van der Waals surface area contributed by atoms with E-state index in [1.165, 1.54) is 0 Å². The van der Waals surface area contributed by atoms with Crippen molar-refractivity contribution in [2.75, 3.05) is 13.1 Å². The minimum absolute atomic E-state index is 0.320. The van der Waals surface area contributed by atoms with Crippen molar-refractivity contribution in [1.82, 2.24) is 14.3 Å². The number of hydrogen-bond donors (Lipinski definition) is 1. The zero-order valence-electron chi connectivity index (χ0n) is 12.6. The number of aliphatic hydroxyl groups is 1. The fourth-order valence-corrected chi connectivity index (χ4v) is 5.10. The average molecular weight is 368 g/mol. The molecule has 0 aromatic carbocycles. The first-order valence-electron chi connectivity index (χ1n) is 7.76. The Morgan fingerprint density at radius 1 is 1.30 bits per heavy atom. The Morgan fingerprint density at radius 2 is 2.13 bits per heavy atom. The van der Waals surface area contributed by atoms with Gasteiger partial charge in [-0.25, -0.2) is 4.98 Å². The first kappa shape index (κ1) is 15.6. The number of aromatic nitrogens is 2. The molecule has 0 unspecified atom stereocenters. The van der Waals surface area contributed by atoms with Crippen LogP contribution in [0.4, 0.5) is 0 Å². The molecule has 122 valence electrons. The maximum absolute atomic E-state index is 10.5. The number of halogens is 1. The van der Waals surface area contributed by atoms with E-state index in [0.717, 1.165) is 48.0 Å². The van der Waals surface area contributed by atoms with Crippen LogP contribution in [0.5, 0.6) is 0 Å². The molecule has 1 N–H and O–H groups in total. The standard InChI is InChI=1S/C16H18ClN3OS2/c17-15-12(20-7-9-23-16(20)18-15)10-19-5-3-11(4-6-19)14(21)13-2-1-8-22-13/h1-2,7-9,11,14,21H,3-6,10H2/t14-/m0/s1. The number of nitrogens with zero attached hydrogens (tertiary/aromatic N) is 3. The second-order valence-electron chi connectivity index (χ2n) is 5.98. The highest BCUT2D eigenvalue weighted by molar-refractivity contribution is 7.15. The van der Waals surface area contributed by atoms with Crippen LogP contribution in [-0.4, -0.2) is 32.5 Å². The summed E-state index contributed by atoms with van der Waals surface area (Å²) in [7, 11) is 0. The first-order valence-corrected chi connectivity index (χ1v) is 9.90. The molecule has 0 amide bonds. The van der Waals surface area contributed by atoms with E-state index in [4.69, 9.17) is 11.6 Å². The van der Waals surface area contributed by atoms with Gasteiger partial charge in [0.25, 0.3) is 0 Å². The predicted molar refractivity (Wildman–Crippen MR) is 95.4 cm³/mol. The van der Waals surface area contributed by atoms with Crippen LogP contribution in [0, 0.1) is 5.92 Å². The summed E-state index contributed by atoms with van der Waals surface area (Å²) in [5.41, 5.74) is 1.07. The molecule has 1 aliphatic heterocycles. The second-order valence-corrected chi connectivity index (χ2v) is 8.19. The molecule has 4 nitrogen and oxygen atoms in total. The molecule has 1 aliphatic rings. The lowest BCUT2D eigenvalue weighted by atomic mass is 9.90. The summed E-state index contributed by atoms with van der Waals surface area (Å²) in [5, 5.41) is 15.2. The van der Waals surface area contributed by atoms with Crippen LogP contribution in [0.25, 0.3) is 4.96 Å². The molecule has 0 spiro atoms. The lowest BCUT2D eigenvalue weighted by molar-refractivity contribution is 0.0587. The number of thiophene rings is 1. The summed E-state index contributed by atoms with van der Waals surface area (Å²) >= 11 is 9.53. The van der Waals surface area contributed by atoms with Crippen LogP contribution < -0.4 is 0 Å². The van der Waals surface area contributed by atoms with E-state index in [0.29, 0.717) is 11.1 Å². The van der Waals surface area contributed by atoms with E-state index >= 15 is 0 Å². The highest BCUT2D eigenvalue weighted by Gasteiger charge is 2.27. The Bertz CT molecular complexity index is 775. The summed E-state index contributed by atoms with van der Waals surface area (Å²) in [4.78, 5) is 8.84. The number of likely N-dealkylation sites (tertiary alicyclic amines) is 1. The number of aliphatic hydroxyl groups excluding tert-OH is 1. The molecule has 0 bridgehead atoms. The van der Waals surface area contributed by atoms with Gasteiger partial charge in [-0.2, -0.15) is 0 Å².